The Balaban J connectivity index is 1.36. The van der Waals surface area contributed by atoms with Gasteiger partial charge in [-0.25, -0.2) is 0 Å². The molecular formula is C24H42. The van der Waals surface area contributed by atoms with Crippen molar-refractivity contribution in [2.75, 3.05) is 0 Å². The summed E-state index contributed by atoms with van der Waals surface area (Å²) in [5.41, 5.74) is 0. The Labute approximate surface area is 151 Å². The molecule has 0 unspecified atom stereocenters. The molecule has 0 N–H and O–H groups in total. The number of unbranched alkanes of at least 4 members (excludes halogenated alkanes) is 1. The molecule has 0 aromatic heterocycles. The zero-order valence-corrected chi connectivity index (χ0v) is 16.4. The Bertz CT molecular complexity index is 346. The van der Waals surface area contributed by atoms with Gasteiger partial charge in [-0.15, -0.1) is 6.58 Å². The Kier molecular flexibility index (Phi) is 7.29. The molecule has 24 heavy (non-hydrogen) atoms. The van der Waals surface area contributed by atoms with Crippen LogP contribution in [0.4, 0.5) is 0 Å². The molecule has 0 spiro atoms. The van der Waals surface area contributed by atoms with Crippen LogP contribution in [0.5, 0.6) is 0 Å². The Hall–Kier alpha value is -0.260. The van der Waals surface area contributed by atoms with Gasteiger partial charge >= 0.3 is 0 Å². The van der Waals surface area contributed by atoms with Gasteiger partial charge in [0.2, 0.25) is 0 Å². The molecule has 3 saturated carbocycles. The first kappa shape index (κ1) is 18.5. The van der Waals surface area contributed by atoms with Crippen molar-refractivity contribution in [3.8, 4) is 0 Å². The SMILES string of the molecule is C=CC1CCC(C2CCC(C3CCC(CCCC)CC3)CC2)CC1. The normalized spacial score (nSPS) is 41.0. The van der Waals surface area contributed by atoms with Crippen molar-refractivity contribution < 1.29 is 0 Å². The minimum absolute atomic E-state index is 0.834. The quantitative estimate of drug-likeness (QED) is 0.436. The summed E-state index contributed by atoms with van der Waals surface area (Å²) in [7, 11) is 0. The predicted octanol–water partition coefficient (Wildman–Crippen LogP) is 7.78. The van der Waals surface area contributed by atoms with Crippen LogP contribution in [-0.4, -0.2) is 0 Å². The summed E-state index contributed by atoms with van der Waals surface area (Å²) < 4.78 is 0. The average Bonchev–Trinajstić information content (AvgIpc) is 2.67. The van der Waals surface area contributed by atoms with E-state index >= 15 is 0 Å². The smallest absolute Gasteiger partial charge is 0.0236 e. The lowest BCUT2D eigenvalue weighted by molar-refractivity contribution is 0.107. The topological polar surface area (TPSA) is 0 Å². The van der Waals surface area contributed by atoms with Crippen LogP contribution in [0.3, 0.4) is 0 Å². The molecular weight excluding hydrogens is 288 g/mol. The molecule has 3 aliphatic carbocycles. The molecule has 0 aromatic carbocycles. The number of allylic oxidation sites excluding steroid dienone is 1. The molecule has 0 bridgehead atoms. The van der Waals surface area contributed by atoms with E-state index in [9.17, 15) is 0 Å². The van der Waals surface area contributed by atoms with Crippen molar-refractivity contribution in [3.05, 3.63) is 12.7 Å². The fourth-order valence-electron chi connectivity index (χ4n) is 6.38. The van der Waals surface area contributed by atoms with E-state index in [0.29, 0.717) is 0 Å². The van der Waals surface area contributed by atoms with Crippen molar-refractivity contribution in [2.24, 2.45) is 35.5 Å². The molecule has 3 aliphatic rings. The van der Waals surface area contributed by atoms with Crippen LogP contribution >= 0.6 is 0 Å². The van der Waals surface area contributed by atoms with Gasteiger partial charge in [0.1, 0.15) is 0 Å². The van der Waals surface area contributed by atoms with Crippen molar-refractivity contribution in [2.45, 2.75) is 103 Å². The summed E-state index contributed by atoms with van der Waals surface area (Å²) in [6.45, 7) is 6.35. The van der Waals surface area contributed by atoms with Crippen molar-refractivity contribution in [1.82, 2.24) is 0 Å². The van der Waals surface area contributed by atoms with Crippen LogP contribution in [0, 0.1) is 35.5 Å². The summed E-state index contributed by atoms with van der Waals surface area (Å²) in [6, 6.07) is 0. The third kappa shape index (κ3) is 4.89. The Morgan fingerprint density at radius 3 is 1.50 bits per heavy atom. The second-order valence-corrected chi connectivity index (χ2v) is 9.51. The van der Waals surface area contributed by atoms with Gasteiger partial charge in [0.15, 0.2) is 0 Å². The van der Waals surface area contributed by atoms with E-state index in [-0.39, 0.29) is 0 Å². The lowest BCUT2D eigenvalue weighted by atomic mass is 9.65. The molecule has 3 fully saturated rings. The maximum Gasteiger partial charge on any atom is -0.0236 e. The molecule has 0 atom stereocenters. The number of rotatable bonds is 6. The van der Waals surface area contributed by atoms with Gasteiger partial charge in [0.25, 0.3) is 0 Å². The highest BCUT2D eigenvalue weighted by atomic mass is 14.4. The second kappa shape index (κ2) is 9.44. The zero-order valence-electron chi connectivity index (χ0n) is 16.4. The van der Waals surface area contributed by atoms with Crippen LogP contribution in [0.15, 0.2) is 12.7 Å². The van der Waals surface area contributed by atoms with Crippen LogP contribution in [0.25, 0.3) is 0 Å². The maximum absolute atomic E-state index is 4.01. The van der Waals surface area contributed by atoms with Gasteiger partial charge in [0, 0.05) is 0 Å². The minimum Gasteiger partial charge on any atom is -0.103 e. The van der Waals surface area contributed by atoms with Crippen LogP contribution < -0.4 is 0 Å². The molecule has 138 valence electrons. The second-order valence-electron chi connectivity index (χ2n) is 9.51. The summed E-state index contributed by atoms with van der Waals surface area (Å²) in [6.07, 6.45) is 24.9. The van der Waals surface area contributed by atoms with Crippen molar-refractivity contribution in [1.29, 1.82) is 0 Å². The van der Waals surface area contributed by atoms with E-state index in [2.05, 4.69) is 19.6 Å². The van der Waals surface area contributed by atoms with Crippen LogP contribution in [0.1, 0.15) is 103 Å². The first-order valence-corrected chi connectivity index (χ1v) is 11.4. The van der Waals surface area contributed by atoms with E-state index in [0.717, 1.165) is 35.5 Å². The molecule has 3 rings (SSSR count). The molecule has 0 heteroatoms. The van der Waals surface area contributed by atoms with Crippen LogP contribution in [-0.2, 0) is 0 Å². The third-order valence-electron chi connectivity index (χ3n) is 8.16. The number of hydrogen-bond donors (Lipinski definition) is 0. The van der Waals surface area contributed by atoms with E-state index in [4.69, 9.17) is 0 Å². The molecule has 0 radical (unpaired) electrons. The highest BCUT2D eigenvalue weighted by Crippen LogP contribution is 2.46. The van der Waals surface area contributed by atoms with Gasteiger partial charge in [-0.3, -0.25) is 0 Å². The molecule has 0 heterocycles. The predicted molar refractivity (Wildman–Crippen MR) is 106 cm³/mol. The van der Waals surface area contributed by atoms with Gasteiger partial charge in [-0.05, 0) is 99.7 Å². The highest BCUT2D eigenvalue weighted by molar-refractivity contribution is 4.89. The Morgan fingerprint density at radius 2 is 1.08 bits per heavy atom. The van der Waals surface area contributed by atoms with Gasteiger partial charge in [-0.2, -0.15) is 0 Å². The summed E-state index contributed by atoms with van der Waals surface area (Å²) in [4.78, 5) is 0. The monoisotopic (exact) mass is 330 g/mol. The van der Waals surface area contributed by atoms with E-state index in [1.807, 2.05) is 0 Å². The van der Waals surface area contributed by atoms with Crippen molar-refractivity contribution >= 4 is 0 Å². The van der Waals surface area contributed by atoms with E-state index < -0.39 is 0 Å². The van der Waals surface area contributed by atoms with Gasteiger partial charge in [0.05, 0.1) is 0 Å². The standard InChI is InChI=1S/C24H42/c1-3-5-6-20-9-13-22(14-10-20)24-17-15-23(16-18-24)21-11-7-19(4-2)8-12-21/h4,19-24H,2-3,5-18H2,1H3. The first-order chi connectivity index (χ1) is 11.8. The highest BCUT2D eigenvalue weighted by Gasteiger charge is 2.34. The van der Waals surface area contributed by atoms with Crippen LogP contribution in [0.2, 0.25) is 0 Å². The van der Waals surface area contributed by atoms with E-state index in [1.165, 1.54) is 44.9 Å². The summed E-state index contributed by atoms with van der Waals surface area (Å²) in [5.74, 6) is 6.25. The largest absolute Gasteiger partial charge is 0.103 e. The zero-order chi connectivity index (χ0) is 16.8. The fourth-order valence-corrected chi connectivity index (χ4v) is 6.38. The molecule has 0 saturated heterocycles. The fraction of sp³-hybridized carbons (Fsp3) is 0.917. The molecule has 0 aromatic rings. The molecule has 0 aliphatic heterocycles. The Morgan fingerprint density at radius 1 is 0.667 bits per heavy atom. The van der Waals surface area contributed by atoms with Gasteiger partial charge < -0.3 is 0 Å². The molecule has 0 amide bonds. The maximum atomic E-state index is 4.01. The minimum atomic E-state index is 0.834. The first-order valence-electron chi connectivity index (χ1n) is 11.4. The summed E-state index contributed by atoms with van der Waals surface area (Å²) >= 11 is 0. The van der Waals surface area contributed by atoms with Crippen molar-refractivity contribution in [3.63, 3.8) is 0 Å². The van der Waals surface area contributed by atoms with Gasteiger partial charge in [-0.1, -0.05) is 45.1 Å². The number of hydrogen-bond acceptors (Lipinski definition) is 0. The lowest BCUT2D eigenvalue weighted by Crippen LogP contribution is -2.29. The third-order valence-corrected chi connectivity index (χ3v) is 8.16. The molecule has 0 nitrogen and oxygen atoms in total. The van der Waals surface area contributed by atoms with E-state index in [1.54, 1.807) is 51.4 Å². The average molecular weight is 331 g/mol. The lowest BCUT2D eigenvalue weighted by Gasteiger charge is -2.41. The summed E-state index contributed by atoms with van der Waals surface area (Å²) in [5, 5.41) is 0.